The normalized spacial score (nSPS) is 10.8. The second-order valence-corrected chi connectivity index (χ2v) is 5.31. The molecule has 108 valence electrons. The monoisotopic (exact) mass is 362 g/mol. The molecule has 7 heteroatoms. The average Bonchev–Trinajstić information content (AvgIpc) is 2.87. The molecule has 20 heavy (non-hydrogen) atoms. The van der Waals surface area contributed by atoms with Crippen molar-refractivity contribution in [3.63, 3.8) is 0 Å². The molecule has 4 nitrogen and oxygen atoms in total. The minimum atomic E-state index is -0.532. The molecule has 0 amide bonds. The van der Waals surface area contributed by atoms with Crippen LogP contribution in [0.4, 0.5) is 4.39 Å². The van der Waals surface area contributed by atoms with Crippen molar-refractivity contribution in [2.75, 3.05) is 6.54 Å². The Bertz CT molecular complexity index is 592. The van der Waals surface area contributed by atoms with Crippen LogP contribution in [0, 0.1) is 5.82 Å². The third-order valence-electron chi connectivity index (χ3n) is 2.51. The molecule has 0 radical (unpaired) electrons. The van der Waals surface area contributed by atoms with Gasteiger partial charge in [0.1, 0.15) is 18.2 Å². The summed E-state index contributed by atoms with van der Waals surface area (Å²) in [5.74, 6) is 0.395. The van der Waals surface area contributed by atoms with Crippen LogP contribution in [0.2, 0.25) is 5.02 Å². The molecular formula is C13H13BrClFN2O2. The molecule has 0 saturated carbocycles. The van der Waals surface area contributed by atoms with E-state index in [9.17, 15) is 4.39 Å². The number of halogens is 3. The Morgan fingerprint density at radius 1 is 1.45 bits per heavy atom. The minimum Gasteiger partial charge on any atom is -0.484 e. The van der Waals surface area contributed by atoms with E-state index in [1.807, 2.05) is 6.92 Å². The molecule has 0 bridgehead atoms. The zero-order valence-corrected chi connectivity index (χ0v) is 13.1. The summed E-state index contributed by atoms with van der Waals surface area (Å²) in [6.45, 7) is 3.67. The van der Waals surface area contributed by atoms with Gasteiger partial charge in [-0.05, 0) is 28.5 Å². The van der Waals surface area contributed by atoms with Gasteiger partial charge < -0.3 is 14.6 Å². The van der Waals surface area contributed by atoms with Gasteiger partial charge in [-0.3, -0.25) is 0 Å². The molecule has 0 unspecified atom stereocenters. The summed E-state index contributed by atoms with van der Waals surface area (Å²) in [7, 11) is 0. The Morgan fingerprint density at radius 2 is 2.25 bits per heavy atom. The van der Waals surface area contributed by atoms with Crippen LogP contribution in [0.3, 0.4) is 0 Å². The molecule has 0 saturated heterocycles. The van der Waals surface area contributed by atoms with E-state index in [1.165, 1.54) is 12.1 Å². The molecule has 1 N–H and O–H groups in total. The van der Waals surface area contributed by atoms with Crippen LogP contribution in [-0.2, 0) is 13.2 Å². The van der Waals surface area contributed by atoms with E-state index in [0.29, 0.717) is 22.5 Å². The number of nitrogens with one attached hydrogen (secondary N) is 1. The highest BCUT2D eigenvalue weighted by atomic mass is 79.9. The van der Waals surface area contributed by atoms with E-state index >= 15 is 0 Å². The predicted molar refractivity (Wildman–Crippen MR) is 77.3 cm³/mol. The van der Waals surface area contributed by atoms with Gasteiger partial charge >= 0.3 is 0 Å². The van der Waals surface area contributed by atoms with Gasteiger partial charge in [-0.25, -0.2) is 4.39 Å². The fourth-order valence-electron chi connectivity index (χ4n) is 1.52. The highest BCUT2D eigenvalue weighted by Crippen LogP contribution is 2.31. The minimum absolute atomic E-state index is 0.0387. The largest absolute Gasteiger partial charge is 0.484 e. The molecule has 1 heterocycles. The van der Waals surface area contributed by atoms with Crippen LogP contribution in [0.25, 0.3) is 0 Å². The smallest absolute Gasteiger partial charge is 0.174 e. The van der Waals surface area contributed by atoms with Crippen LogP contribution in [0.5, 0.6) is 5.75 Å². The zero-order valence-electron chi connectivity index (χ0n) is 10.8. The summed E-state index contributed by atoms with van der Waals surface area (Å²) in [6.07, 6.45) is 0. The van der Waals surface area contributed by atoms with Crippen molar-refractivity contribution in [1.82, 2.24) is 10.5 Å². The lowest BCUT2D eigenvalue weighted by Gasteiger charge is -2.07. The van der Waals surface area contributed by atoms with Crippen LogP contribution >= 0.6 is 27.5 Å². The summed E-state index contributed by atoms with van der Waals surface area (Å²) in [5.41, 5.74) is 0.798. The highest BCUT2D eigenvalue weighted by Gasteiger charge is 2.10. The number of nitrogens with zero attached hydrogens (tertiary/aromatic N) is 1. The number of aromatic nitrogens is 1. The Labute approximate surface area is 129 Å². The van der Waals surface area contributed by atoms with E-state index in [4.69, 9.17) is 20.9 Å². The van der Waals surface area contributed by atoms with Crippen molar-refractivity contribution in [2.24, 2.45) is 0 Å². The second kappa shape index (κ2) is 7.06. The quantitative estimate of drug-likeness (QED) is 0.790. The lowest BCUT2D eigenvalue weighted by Crippen LogP contribution is -2.11. The molecule has 2 rings (SSSR count). The summed E-state index contributed by atoms with van der Waals surface area (Å²) in [6, 6.07) is 4.47. The number of rotatable bonds is 6. The Morgan fingerprint density at radius 3 is 3.00 bits per heavy atom. The van der Waals surface area contributed by atoms with Gasteiger partial charge in [0.2, 0.25) is 0 Å². The average molecular weight is 364 g/mol. The summed E-state index contributed by atoms with van der Waals surface area (Å²) in [5, 5.41) is 7.07. The van der Waals surface area contributed by atoms with Gasteiger partial charge in [-0.15, -0.1) is 0 Å². The Hall–Kier alpha value is -1.11. The third kappa shape index (κ3) is 3.94. The van der Waals surface area contributed by atoms with Crippen LogP contribution in [0.15, 0.2) is 27.2 Å². The molecule has 0 aliphatic rings. The van der Waals surface area contributed by atoms with Gasteiger partial charge in [0.15, 0.2) is 5.76 Å². The first-order valence-corrected chi connectivity index (χ1v) is 7.19. The Balaban J connectivity index is 1.98. The van der Waals surface area contributed by atoms with Crippen molar-refractivity contribution in [2.45, 2.75) is 20.1 Å². The predicted octanol–water partition coefficient (Wildman–Crippen LogP) is 3.92. The maximum Gasteiger partial charge on any atom is 0.174 e. The lowest BCUT2D eigenvalue weighted by atomic mass is 10.3. The first-order chi connectivity index (χ1) is 9.60. The van der Waals surface area contributed by atoms with E-state index < -0.39 is 5.82 Å². The zero-order chi connectivity index (χ0) is 14.5. The van der Waals surface area contributed by atoms with Crippen LogP contribution < -0.4 is 10.1 Å². The molecule has 0 spiro atoms. The van der Waals surface area contributed by atoms with Gasteiger partial charge in [0.05, 0.1) is 15.2 Å². The fraction of sp³-hybridized carbons (Fsp3) is 0.308. The number of ether oxygens (including phenoxy) is 1. The second-order valence-electron chi connectivity index (χ2n) is 4.05. The SMILES string of the molecule is CCNCc1cc(COc2cc(F)c(Cl)cc2Br)on1. The molecule has 0 atom stereocenters. The summed E-state index contributed by atoms with van der Waals surface area (Å²) < 4.78 is 24.5. The van der Waals surface area contributed by atoms with Crippen molar-refractivity contribution in [1.29, 1.82) is 0 Å². The number of benzene rings is 1. The van der Waals surface area contributed by atoms with Crippen molar-refractivity contribution in [3.8, 4) is 5.75 Å². The first-order valence-electron chi connectivity index (χ1n) is 6.02. The topological polar surface area (TPSA) is 47.3 Å². The van der Waals surface area contributed by atoms with E-state index in [0.717, 1.165) is 12.2 Å². The summed E-state index contributed by atoms with van der Waals surface area (Å²) in [4.78, 5) is 0. The molecule has 0 aliphatic carbocycles. The van der Waals surface area contributed by atoms with E-state index in [-0.39, 0.29) is 11.6 Å². The van der Waals surface area contributed by atoms with Crippen LogP contribution in [-0.4, -0.2) is 11.7 Å². The number of hydrogen-bond acceptors (Lipinski definition) is 4. The standard InChI is InChI=1S/C13H13BrClFN2O2/c1-2-17-6-8-3-9(20-18-8)7-19-13-5-12(16)11(15)4-10(13)14/h3-5,17H,2,6-7H2,1H3. The molecular weight excluding hydrogens is 351 g/mol. The molecule has 2 aromatic rings. The van der Waals surface area contributed by atoms with Crippen molar-refractivity contribution >= 4 is 27.5 Å². The van der Waals surface area contributed by atoms with Gasteiger partial charge in [-0.1, -0.05) is 23.7 Å². The van der Waals surface area contributed by atoms with Crippen molar-refractivity contribution in [3.05, 3.63) is 45.0 Å². The molecule has 1 aromatic carbocycles. The van der Waals surface area contributed by atoms with Crippen molar-refractivity contribution < 1.29 is 13.7 Å². The first kappa shape index (κ1) is 15.3. The highest BCUT2D eigenvalue weighted by molar-refractivity contribution is 9.10. The van der Waals surface area contributed by atoms with Gasteiger partial charge in [0.25, 0.3) is 0 Å². The maximum atomic E-state index is 13.4. The van der Waals surface area contributed by atoms with E-state index in [1.54, 1.807) is 6.07 Å². The van der Waals surface area contributed by atoms with Gasteiger partial charge in [0, 0.05) is 18.7 Å². The summed E-state index contributed by atoms with van der Waals surface area (Å²) >= 11 is 8.92. The third-order valence-corrected chi connectivity index (χ3v) is 3.42. The van der Waals surface area contributed by atoms with Crippen LogP contribution in [0.1, 0.15) is 18.4 Å². The van der Waals surface area contributed by atoms with Gasteiger partial charge in [-0.2, -0.15) is 0 Å². The Kier molecular flexibility index (Phi) is 5.39. The number of hydrogen-bond donors (Lipinski definition) is 1. The molecule has 0 fully saturated rings. The molecule has 0 aliphatic heterocycles. The maximum absolute atomic E-state index is 13.4. The molecule has 1 aromatic heterocycles. The van der Waals surface area contributed by atoms with E-state index in [2.05, 4.69) is 26.4 Å². The fourth-order valence-corrected chi connectivity index (χ4v) is 2.28. The lowest BCUT2D eigenvalue weighted by molar-refractivity contribution is 0.246.